The molecule has 3 aromatic rings. The maximum absolute atomic E-state index is 14.4. The zero-order valence-electron chi connectivity index (χ0n) is 27.2. The van der Waals surface area contributed by atoms with Gasteiger partial charge in [0.2, 0.25) is 11.8 Å². The van der Waals surface area contributed by atoms with Crippen molar-refractivity contribution in [1.29, 1.82) is 0 Å². The molecular weight excluding hydrogens is 550 g/mol. The van der Waals surface area contributed by atoms with Gasteiger partial charge in [0.25, 0.3) is 0 Å². The van der Waals surface area contributed by atoms with Crippen molar-refractivity contribution in [2.24, 2.45) is 0 Å². The lowest BCUT2D eigenvalue weighted by atomic mass is 9.73. The van der Waals surface area contributed by atoms with Crippen LogP contribution in [0.5, 0.6) is 0 Å². The second-order valence-electron chi connectivity index (χ2n) is 13.3. The molecule has 1 aromatic heterocycles. The SMILES string of the molecule is CCCCN(C(=O)NC(C(=O)N1CCC2(CC1)C[C@@H](C(=O)N(C)C)c1ccccc12)[C@H](C)c1c[nH]c2ccccc12)C(C)C. The molecule has 2 heterocycles. The van der Waals surface area contributed by atoms with Crippen LogP contribution >= 0.6 is 0 Å². The first-order valence-corrected chi connectivity index (χ1v) is 16.3. The van der Waals surface area contributed by atoms with Crippen LogP contribution < -0.4 is 5.32 Å². The van der Waals surface area contributed by atoms with E-state index in [1.165, 1.54) is 5.56 Å². The van der Waals surface area contributed by atoms with Crippen LogP contribution in [0.3, 0.4) is 0 Å². The quantitative estimate of drug-likeness (QED) is 0.316. The lowest BCUT2D eigenvalue weighted by molar-refractivity contribution is -0.136. The fraction of sp³-hybridized carbons (Fsp3) is 0.528. The number of carbonyl (C=O) groups excluding carboxylic acids is 3. The van der Waals surface area contributed by atoms with E-state index in [1.807, 2.05) is 75.1 Å². The molecule has 0 radical (unpaired) electrons. The molecule has 2 aromatic carbocycles. The number of likely N-dealkylation sites (tertiary alicyclic amines) is 1. The minimum Gasteiger partial charge on any atom is -0.361 e. The summed E-state index contributed by atoms with van der Waals surface area (Å²) < 4.78 is 0. The number of rotatable bonds is 9. The Morgan fingerprint density at radius 2 is 1.70 bits per heavy atom. The van der Waals surface area contributed by atoms with E-state index in [2.05, 4.69) is 41.5 Å². The number of benzene rings is 2. The van der Waals surface area contributed by atoms with Gasteiger partial charge in [-0.2, -0.15) is 0 Å². The molecule has 1 aliphatic carbocycles. The van der Waals surface area contributed by atoms with Crippen molar-refractivity contribution in [2.45, 2.75) is 89.1 Å². The van der Waals surface area contributed by atoms with Gasteiger partial charge in [0.05, 0.1) is 5.92 Å². The largest absolute Gasteiger partial charge is 0.361 e. The van der Waals surface area contributed by atoms with E-state index in [-0.39, 0.29) is 41.1 Å². The summed E-state index contributed by atoms with van der Waals surface area (Å²) in [6.07, 6.45) is 6.24. The predicted octanol–water partition coefficient (Wildman–Crippen LogP) is 6.00. The van der Waals surface area contributed by atoms with Crippen LogP contribution in [0, 0.1) is 0 Å². The maximum Gasteiger partial charge on any atom is 0.318 e. The number of amides is 4. The van der Waals surface area contributed by atoms with Gasteiger partial charge in [0.1, 0.15) is 6.04 Å². The van der Waals surface area contributed by atoms with Gasteiger partial charge >= 0.3 is 6.03 Å². The number of urea groups is 1. The first kappa shape index (κ1) is 31.6. The zero-order chi connectivity index (χ0) is 31.6. The van der Waals surface area contributed by atoms with Crippen molar-refractivity contribution in [3.63, 3.8) is 0 Å². The Kier molecular flexibility index (Phi) is 9.37. The maximum atomic E-state index is 14.4. The molecule has 1 aliphatic heterocycles. The monoisotopic (exact) mass is 599 g/mol. The molecule has 1 fully saturated rings. The molecule has 0 bridgehead atoms. The molecule has 2 aliphatic rings. The Balaban J connectivity index is 1.40. The smallest absolute Gasteiger partial charge is 0.318 e. The second kappa shape index (κ2) is 13.0. The summed E-state index contributed by atoms with van der Waals surface area (Å²) in [4.78, 5) is 50.2. The highest BCUT2D eigenvalue weighted by atomic mass is 16.2. The van der Waals surface area contributed by atoms with Crippen LogP contribution in [-0.4, -0.2) is 83.3 Å². The summed E-state index contributed by atoms with van der Waals surface area (Å²) in [5.41, 5.74) is 4.30. The van der Waals surface area contributed by atoms with Crippen molar-refractivity contribution >= 4 is 28.7 Å². The van der Waals surface area contributed by atoms with Gasteiger partial charge in [-0.05, 0) is 62.3 Å². The molecule has 1 saturated heterocycles. The lowest BCUT2D eigenvalue weighted by Crippen LogP contribution is -2.57. The number of likely N-dealkylation sites (N-methyl/N-ethyl adjacent to an activating group) is 1. The molecule has 8 heteroatoms. The molecule has 5 rings (SSSR count). The molecule has 236 valence electrons. The third-order valence-corrected chi connectivity index (χ3v) is 10.1. The van der Waals surface area contributed by atoms with Gasteiger partial charge < -0.3 is 25.0 Å². The van der Waals surface area contributed by atoms with Crippen molar-refractivity contribution in [3.8, 4) is 0 Å². The molecule has 44 heavy (non-hydrogen) atoms. The highest BCUT2D eigenvalue weighted by Crippen LogP contribution is 2.52. The summed E-state index contributed by atoms with van der Waals surface area (Å²) in [6, 6.07) is 15.6. The number of aromatic amines is 1. The van der Waals surface area contributed by atoms with Crippen molar-refractivity contribution in [1.82, 2.24) is 25.0 Å². The van der Waals surface area contributed by atoms with E-state index in [1.54, 1.807) is 4.90 Å². The lowest BCUT2D eigenvalue weighted by Gasteiger charge is -2.42. The summed E-state index contributed by atoms with van der Waals surface area (Å²) in [5.74, 6) is -0.297. The fourth-order valence-corrected chi connectivity index (χ4v) is 7.44. The number of nitrogens with zero attached hydrogens (tertiary/aromatic N) is 3. The van der Waals surface area contributed by atoms with Crippen LogP contribution in [0.4, 0.5) is 4.79 Å². The van der Waals surface area contributed by atoms with E-state index >= 15 is 0 Å². The van der Waals surface area contributed by atoms with E-state index in [0.29, 0.717) is 19.6 Å². The van der Waals surface area contributed by atoms with Crippen molar-refractivity contribution in [2.75, 3.05) is 33.7 Å². The highest BCUT2D eigenvalue weighted by molar-refractivity contribution is 5.91. The van der Waals surface area contributed by atoms with E-state index in [9.17, 15) is 14.4 Å². The van der Waals surface area contributed by atoms with Crippen LogP contribution in [0.25, 0.3) is 10.9 Å². The van der Waals surface area contributed by atoms with E-state index in [0.717, 1.165) is 54.1 Å². The van der Waals surface area contributed by atoms with Gasteiger partial charge in [-0.25, -0.2) is 4.79 Å². The minimum atomic E-state index is -0.711. The molecular formula is C36H49N5O3. The van der Waals surface area contributed by atoms with Crippen molar-refractivity contribution < 1.29 is 14.4 Å². The number of aromatic nitrogens is 1. The summed E-state index contributed by atoms with van der Waals surface area (Å²) >= 11 is 0. The number of piperidine rings is 1. The average Bonchev–Trinajstić information content (AvgIpc) is 3.59. The topological polar surface area (TPSA) is 88.8 Å². The first-order chi connectivity index (χ1) is 21.1. The molecule has 4 amide bonds. The van der Waals surface area contributed by atoms with Gasteiger partial charge in [0.15, 0.2) is 0 Å². The second-order valence-corrected chi connectivity index (χ2v) is 13.3. The summed E-state index contributed by atoms with van der Waals surface area (Å²) in [7, 11) is 3.65. The minimum absolute atomic E-state index is 0.0239. The molecule has 1 spiro atoms. The van der Waals surface area contributed by atoms with Gasteiger partial charge in [-0.15, -0.1) is 0 Å². The number of carbonyl (C=O) groups is 3. The Morgan fingerprint density at radius 3 is 2.39 bits per heavy atom. The number of fused-ring (bicyclic) bond motifs is 3. The standard InChI is InChI=1S/C36H49N5O3/c1-7-8-19-41(24(2)3)35(44)38-32(25(4)29-23-37-31-16-12-10-14-27(29)31)34(43)40-20-17-36(18-21-40)22-28(33(42)39(5)6)26-13-9-11-15-30(26)36/h9-16,23-25,28,32,37H,7-8,17-22H2,1-6H3,(H,38,44)/t25-,28-,32?/m1/s1. The third kappa shape index (κ3) is 5.95. The van der Waals surface area contributed by atoms with Crippen LogP contribution in [0.1, 0.15) is 88.3 Å². The summed E-state index contributed by atoms with van der Waals surface area (Å²) in [6.45, 7) is 10.0. The Hall–Kier alpha value is -3.81. The number of nitrogens with one attached hydrogen (secondary N) is 2. The van der Waals surface area contributed by atoms with Crippen LogP contribution in [-0.2, 0) is 15.0 Å². The average molecular weight is 600 g/mol. The van der Waals surface area contributed by atoms with Crippen LogP contribution in [0.15, 0.2) is 54.7 Å². The Bertz CT molecular complexity index is 1490. The predicted molar refractivity (Wildman–Crippen MR) is 176 cm³/mol. The van der Waals surface area contributed by atoms with E-state index < -0.39 is 6.04 Å². The number of hydrogen-bond acceptors (Lipinski definition) is 3. The molecule has 0 saturated carbocycles. The number of unbranched alkanes of at least 4 members (excludes halogenated alkanes) is 1. The zero-order valence-corrected chi connectivity index (χ0v) is 27.2. The summed E-state index contributed by atoms with van der Waals surface area (Å²) in [5, 5.41) is 4.27. The van der Waals surface area contributed by atoms with Gasteiger partial charge in [0, 0.05) is 68.2 Å². The Morgan fingerprint density at radius 1 is 1.02 bits per heavy atom. The molecule has 3 atom stereocenters. The first-order valence-electron chi connectivity index (χ1n) is 16.3. The Labute approximate surface area is 262 Å². The third-order valence-electron chi connectivity index (χ3n) is 10.1. The molecule has 8 nitrogen and oxygen atoms in total. The number of para-hydroxylation sites is 1. The molecule has 1 unspecified atom stereocenters. The highest BCUT2D eigenvalue weighted by Gasteiger charge is 2.49. The van der Waals surface area contributed by atoms with Crippen LogP contribution in [0.2, 0.25) is 0 Å². The fourth-order valence-electron chi connectivity index (χ4n) is 7.44. The number of H-pyrrole nitrogens is 1. The van der Waals surface area contributed by atoms with Gasteiger partial charge in [-0.3, -0.25) is 9.59 Å². The van der Waals surface area contributed by atoms with E-state index in [4.69, 9.17) is 0 Å². The normalized spacial score (nSPS) is 18.7. The molecule has 2 N–H and O–H groups in total. The van der Waals surface area contributed by atoms with Gasteiger partial charge in [-0.1, -0.05) is 62.7 Å². The van der Waals surface area contributed by atoms with Crippen molar-refractivity contribution in [3.05, 3.63) is 71.4 Å². The number of hydrogen-bond donors (Lipinski definition) is 2.